The third-order valence-electron chi connectivity index (χ3n) is 5.66. The molecule has 0 aromatic heterocycles. The van der Waals surface area contributed by atoms with Crippen molar-refractivity contribution in [3.8, 4) is 0 Å². The van der Waals surface area contributed by atoms with Gasteiger partial charge in [0.25, 0.3) is 0 Å². The zero-order chi connectivity index (χ0) is 19.3. The maximum atomic E-state index is 13.2. The van der Waals surface area contributed by atoms with Crippen molar-refractivity contribution in [2.45, 2.75) is 34.8 Å². The molecule has 3 heterocycles. The first-order valence-corrected chi connectivity index (χ1v) is 12.3. The van der Waals surface area contributed by atoms with Crippen molar-refractivity contribution in [2.24, 2.45) is 0 Å². The maximum Gasteiger partial charge on any atom is 0.183 e. The second kappa shape index (κ2) is 6.77. The van der Waals surface area contributed by atoms with E-state index in [9.17, 15) is 21.2 Å². The molecule has 4 rings (SSSR count). The highest BCUT2D eigenvalue weighted by Gasteiger charge is 2.50. The van der Waals surface area contributed by atoms with Crippen LogP contribution >= 0.6 is 0 Å². The molecule has 0 bridgehead atoms. The fraction of sp³-hybridized carbons (Fsp3) is 0.647. The molecular formula is C17H22FNO6S2. The summed E-state index contributed by atoms with van der Waals surface area (Å²) in [5.41, 5.74) is 0. The minimum absolute atomic E-state index is 0.0491. The van der Waals surface area contributed by atoms with Crippen molar-refractivity contribution in [2.75, 3.05) is 37.8 Å². The molecule has 27 heavy (non-hydrogen) atoms. The summed E-state index contributed by atoms with van der Waals surface area (Å²) in [5.74, 6) is -1.75. The number of rotatable bonds is 3. The van der Waals surface area contributed by atoms with E-state index in [1.807, 2.05) is 4.90 Å². The standard InChI is InChI=1S/C17H22FNO6S2/c18-13-1-3-14(4-2-13)27(22,23)16-12-26(20,21)11-15(16)19-7-5-17(6-8-19)24-9-10-25-17/h1-4,15-16H,5-12H2. The number of piperidine rings is 1. The van der Waals surface area contributed by atoms with Gasteiger partial charge in [0.2, 0.25) is 0 Å². The predicted molar refractivity (Wildman–Crippen MR) is 95.3 cm³/mol. The average Bonchev–Trinajstić information content (AvgIpc) is 3.20. The van der Waals surface area contributed by atoms with E-state index in [-0.39, 0.29) is 10.6 Å². The summed E-state index contributed by atoms with van der Waals surface area (Å²) in [4.78, 5) is 1.87. The van der Waals surface area contributed by atoms with Gasteiger partial charge in [-0.05, 0) is 24.3 Å². The summed E-state index contributed by atoms with van der Waals surface area (Å²) < 4.78 is 75.2. The number of ether oxygens (including phenoxy) is 2. The van der Waals surface area contributed by atoms with Crippen LogP contribution in [-0.4, -0.2) is 76.6 Å². The lowest BCUT2D eigenvalue weighted by atomic mass is 10.0. The Balaban J connectivity index is 1.58. The summed E-state index contributed by atoms with van der Waals surface area (Å²) in [6.07, 6.45) is 1.15. The first-order valence-electron chi connectivity index (χ1n) is 8.93. The number of sulfone groups is 2. The molecule has 3 saturated heterocycles. The fourth-order valence-corrected chi connectivity index (χ4v) is 9.04. The molecule has 10 heteroatoms. The van der Waals surface area contributed by atoms with E-state index < -0.39 is 48.3 Å². The van der Waals surface area contributed by atoms with Gasteiger partial charge in [-0.15, -0.1) is 0 Å². The van der Waals surface area contributed by atoms with E-state index in [2.05, 4.69) is 0 Å². The molecule has 1 spiro atoms. The summed E-state index contributed by atoms with van der Waals surface area (Å²) >= 11 is 0. The van der Waals surface area contributed by atoms with Crippen molar-refractivity contribution in [3.05, 3.63) is 30.1 Å². The molecule has 0 radical (unpaired) electrons. The molecule has 3 aliphatic rings. The third-order valence-corrected chi connectivity index (χ3v) is 9.79. The molecule has 0 amide bonds. The number of hydrogen-bond donors (Lipinski definition) is 0. The van der Waals surface area contributed by atoms with E-state index in [0.29, 0.717) is 39.1 Å². The Hall–Kier alpha value is -1.07. The van der Waals surface area contributed by atoms with Crippen LogP contribution in [0.2, 0.25) is 0 Å². The van der Waals surface area contributed by atoms with Crippen molar-refractivity contribution in [3.63, 3.8) is 0 Å². The average molecular weight is 419 g/mol. The highest BCUT2D eigenvalue weighted by molar-refractivity contribution is 7.96. The van der Waals surface area contributed by atoms with Crippen LogP contribution in [0.1, 0.15) is 12.8 Å². The molecule has 1 aromatic rings. The van der Waals surface area contributed by atoms with Gasteiger partial charge in [0.1, 0.15) is 5.82 Å². The van der Waals surface area contributed by atoms with Crippen LogP contribution in [0.4, 0.5) is 4.39 Å². The number of hydrogen-bond acceptors (Lipinski definition) is 7. The van der Waals surface area contributed by atoms with Crippen LogP contribution in [0.3, 0.4) is 0 Å². The van der Waals surface area contributed by atoms with Crippen LogP contribution in [0.15, 0.2) is 29.2 Å². The molecule has 0 aliphatic carbocycles. The number of nitrogens with zero attached hydrogens (tertiary/aromatic N) is 1. The third kappa shape index (κ3) is 3.65. The van der Waals surface area contributed by atoms with Gasteiger partial charge < -0.3 is 9.47 Å². The lowest BCUT2D eigenvalue weighted by Gasteiger charge is -2.41. The van der Waals surface area contributed by atoms with Crippen LogP contribution in [0.5, 0.6) is 0 Å². The predicted octanol–water partition coefficient (Wildman–Crippen LogP) is 0.604. The Labute approximate surface area is 158 Å². The van der Waals surface area contributed by atoms with Gasteiger partial charge in [0.05, 0.1) is 34.9 Å². The SMILES string of the molecule is O=S1(=O)CC(N2CCC3(CC2)OCCO3)C(S(=O)(=O)c2ccc(F)cc2)C1. The van der Waals surface area contributed by atoms with E-state index in [1.54, 1.807) is 0 Å². The molecule has 0 N–H and O–H groups in total. The second-order valence-corrected chi connectivity index (χ2v) is 11.6. The first kappa shape index (κ1) is 19.3. The Kier molecular flexibility index (Phi) is 4.83. The van der Waals surface area contributed by atoms with Crippen LogP contribution in [-0.2, 0) is 29.1 Å². The van der Waals surface area contributed by atoms with Crippen molar-refractivity contribution < 1.29 is 30.7 Å². The monoisotopic (exact) mass is 419 g/mol. The van der Waals surface area contributed by atoms with Crippen molar-refractivity contribution in [1.29, 1.82) is 0 Å². The Morgan fingerprint density at radius 2 is 1.63 bits per heavy atom. The van der Waals surface area contributed by atoms with E-state index >= 15 is 0 Å². The van der Waals surface area contributed by atoms with Gasteiger partial charge >= 0.3 is 0 Å². The van der Waals surface area contributed by atoms with Gasteiger partial charge in [-0.2, -0.15) is 0 Å². The Morgan fingerprint density at radius 3 is 2.22 bits per heavy atom. The van der Waals surface area contributed by atoms with Crippen LogP contribution in [0, 0.1) is 5.82 Å². The van der Waals surface area contributed by atoms with Gasteiger partial charge in [-0.3, -0.25) is 4.90 Å². The largest absolute Gasteiger partial charge is 0.347 e. The minimum Gasteiger partial charge on any atom is -0.347 e. The maximum absolute atomic E-state index is 13.2. The van der Waals surface area contributed by atoms with Gasteiger partial charge in [-0.25, -0.2) is 21.2 Å². The van der Waals surface area contributed by atoms with E-state index in [4.69, 9.17) is 9.47 Å². The molecule has 0 saturated carbocycles. The molecule has 2 unspecified atom stereocenters. The van der Waals surface area contributed by atoms with E-state index in [1.165, 1.54) is 12.1 Å². The second-order valence-electron chi connectivity index (χ2n) is 7.33. The van der Waals surface area contributed by atoms with Crippen molar-refractivity contribution in [1.82, 2.24) is 4.90 Å². The molecule has 2 atom stereocenters. The number of halogens is 1. The fourth-order valence-electron chi connectivity index (χ4n) is 4.21. The smallest absolute Gasteiger partial charge is 0.183 e. The quantitative estimate of drug-likeness (QED) is 0.663. The summed E-state index contributed by atoms with van der Waals surface area (Å²) in [5, 5.41) is -1.06. The minimum atomic E-state index is -3.90. The summed E-state index contributed by atoms with van der Waals surface area (Å²) in [6, 6.07) is 3.91. The van der Waals surface area contributed by atoms with E-state index in [0.717, 1.165) is 12.1 Å². The van der Waals surface area contributed by atoms with Crippen LogP contribution < -0.4 is 0 Å². The topological polar surface area (TPSA) is 90.0 Å². The molecule has 1 aromatic carbocycles. The summed E-state index contributed by atoms with van der Waals surface area (Å²) in [7, 11) is -7.38. The highest BCUT2D eigenvalue weighted by Crippen LogP contribution is 2.35. The first-order chi connectivity index (χ1) is 12.7. The Bertz CT molecular complexity index is 899. The number of likely N-dealkylation sites (tertiary alicyclic amines) is 1. The zero-order valence-corrected chi connectivity index (χ0v) is 16.3. The molecule has 7 nitrogen and oxygen atoms in total. The molecule has 150 valence electrons. The molecule has 3 fully saturated rings. The molecular weight excluding hydrogens is 397 g/mol. The van der Waals surface area contributed by atoms with Gasteiger partial charge in [0.15, 0.2) is 25.5 Å². The normalized spacial score (nSPS) is 30.7. The lowest BCUT2D eigenvalue weighted by molar-refractivity contribution is -0.187. The van der Waals surface area contributed by atoms with Crippen molar-refractivity contribution >= 4 is 19.7 Å². The summed E-state index contributed by atoms with van der Waals surface area (Å²) in [6.45, 7) is 2.10. The Morgan fingerprint density at radius 1 is 1.04 bits per heavy atom. The zero-order valence-electron chi connectivity index (χ0n) is 14.7. The number of benzene rings is 1. The van der Waals surface area contributed by atoms with Gasteiger partial charge in [0, 0.05) is 32.0 Å². The highest BCUT2D eigenvalue weighted by atomic mass is 32.2. The lowest BCUT2D eigenvalue weighted by Crippen LogP contribution is -2.53. The van der Waals surface area contributed by atoms with Gasteiger partial charge in [-0.1, -0.05) is 0 Å². The van der Waals surface area contributed by atoms with Crippen LogP contribution in [0.25, 0.3) is 0 Å². The molecule has 3 aliphatic heterocycles.